The van der Waals surface area contributed by atoms with Crippen LogP contribution in [-0.4, -0.2) is 42.2 Å². The number of amides is 1. The molecule has 2 rings (SSSR count). The number of nitrogens with zero attached hydrogens (tertiary/aromatic N) is 1. The van der Waals surface area contributed by atoms with Crippen LogP contribution in [0.4, 0.5) is 15.8 Å². The number of anilines is 2. The zero-order valence-electron chi connectivity index (χ0n) is 12.0. The number of aliphatic hydroxyl groups excluding tert-OH is 1. The van der Waals surface area contributed by atoms with Gasteiger partial charge in [0.15, 0.2) is 0 Å². The highest BCUT2D eigenvalue weighted by molar-refractivity contribution is 5.92. The lowest BCUT2D eigenvalue weighted by atomic mass is 9.95. The minimum atomic E-state index is -0.490. The fourth-order valence-corrected chi connectivity index (χ4v) is 2.74. The van der Waals surface area contributed by atoms with Gasteiger partial charge in [0.1, 0.15) is 5.82 Å². The van der Waals surface area contributed by atoms with Gasteiger partial charge in [0, 0.05) is 18.8 Å². The number of nitrogens with two attached hydrogens (primary N) is 1. The summed E-state index contributed by atoms with van der Waals surface area (Å²) in [4.78, 5) is 14.1. The van der Waals surface area contributed by atoms with Gasteiger partial charge in [-0.3, -0.25) is 9.69 Å². The van der Waals surface area contributed by atoms with E-state index in [1.165, 1.54) is 18.2 Å². The smallest absolute Gasteiger partial charge is 0.238 e. The van der Waals surface area contributed by atoms with E-state index in [-0.39, 0.29) is 18.2 Å². The number of rotatable bonds is 5. The van der Waals surface area contributed by atoms with Crippen molar-refractivity contribution in [3.05, 3.63) is 24.0 Å². The molecule has 1 saturated heterocycles. The van der Waals surface area contributed by atoms with Gasteiger partial charge in [-0.25, -0.2) is 4.39 Å². The topological polar surface area (TPSA) is 78.6 Å². The van der Waals surface area contributed by atoms with Gasteiger partial charge in [0.2, 0.25) is 5.91 Å². The summed E-state index contributed by atoms with van der Waals surface area (Å²) < 4.78 is 13.1. The maximum absolute atomic E-state index is 13.1. The monoisotopic (exact) mass is 295 g/mol. The lowest BCUT2D eigenvalue weighted by Crippen LogP contribution is -2.40. The summed E-state index contributed by atoms with van der Waals surface area (Å²) in [5.74, 6) is -0.167. The molecule has 1 aromatic rings. The predicted molar refractivity (Wildman–Crippen MR) is 80.3 cm³/mol. The summed E-state index contributed by atoms with van der Waals surface area (Å²) in [6, 6.07) is 4.15. The third-order valence-electron chi connectivity index (χ3n) is 3.79. The Bertz CT molecular complexity index is 494. The average Bonchev–Trinajstić information content (AvgIpc) is 2.43. The summed E-state index contributed by atoms with van der Waals surface area (Å²) in [6.45, 7) is 2.22. The van der Waals surface area contributed by atoms with Crippen molar-refractivity contribution in [2.24, 2.45) is 5.92 Å². The first-order valence-corrected chi connectivity index (χ1v) is 7.26. The van der Waals surface area contributed by atoms with Crippen LogP contribution in [0.1, 0.15) is 19.3 Å². The fourth-order valence-electron chi connectivity index (χ4n) is 2.74. The molecule has 1 aliphatic rings. The van der Waals surface area contributed by atoms with E-state index in [2.05, 4.69) is 10.2 Å². The number of benzene rings is 1. The van der Waals surface area contributed by atoms with Gasteiger partial charge in [-0.15, -0.1) is 0 Å². The maximum atomic E-state index is 13.1. The fraction of sp³-hybridized carbons (Fsp3) is 0.533. The molecule has 4 N–H and O–H groups in total. The van der Waals surface area contributed by atoms with Crippen LogP contribution in [0.25, 0.3) is 0 Å². The Balaban J connectivity index is 1.84. The number of carbonyl (C=O) groups is 1. The molecule has 1 aliphatic heterocycles. The molecule has 0 aromatic heterocycles. The molecule has 1 fully saturated rings. The van der Waals surface area contributed by atoms with Gasteiger partial charge in [0.05, 0.1) is 12.2 Å². The number of halogens is 1. The highest BCUT2D eigenvalue weighted by atomic mass is 19.1. The number of carbonyl (C=O) groups excluding carboxylic acids is 1. The molecule has 0 aliphatic carbocycles. The SMILES string of the molecule is Nc1cc(NC(=O)CN2CCCC(CCO)C2)ccc1F. The molecule has 0 saturated carbocycles. The molecule has 5 nitrogen and oxygen atoms in total. The lowest BCUT2D eigenvalue weighted by molar-refractivity contribution is -0.117. The first-order valence-electron chi connectivity index (χ1n) is 7.26. The number of aliphatic hydroxyl groups is 1. The molecule has 21 heavy (non-hydrogen) atoms. The molecule has 1 heterocycles. The third kappa shape index (κ3) is 4.68. The van der Waals surface area contributed by atoms with E-state index in [1.807, 2.05) is 0 Å². The quantitative estimate of drug-likeness (QED) is 0.718. The van der Waals surface area contributed by atoms with Crippen molar-refractivity contribution in [3.8, 4) is 0 Å². The highest BCUT2D eigenvalue weighted by Gasteiger charge is 2.21. The van der Waals surface area contributed by atoms with Gasteiger partial charge in [-0.1, -0.05) is 0 Å². The number of nitrogens with one attached hydrogen (secondary N) is 1. The lowest BCUT2D eigenvalue weighted by Gasteiger charge is -2.31. The van der Waals surface area contributed by atoms with Crippen LogP contribution in [0, 0.1) is 11.7 Å². The first kappa shape index (κ1) is 15.7. The molecule has 1 atom stereocenters. The first-order chi connectivity index (χ1) is 10.1. The van der Waals surface area contributed by atoms with E-state index < -0.39 is 5.82 Å². The third-order valence-corrected chi connectivity index (χ3v) is 3.79. The highest BCUT2D eigenvalue weighted by Crippen LogP contribution is 2.19. The van der Waals surface area contributed by atoms with E-state index in [9.17, 15) is 9.18 Å². The van der Waals surface area contributed by atoms with Crippen LogP contribution >= 0.6 is 0 Å². The standard InChI is InChI=1S/C15H22FN3O2/c16-13-4-3-12(8-14(13)17)18-15(21)10-19-6-1-2-11(9-19)5-7-20/h3-4,8,11,20H,1-2,5-7,9-10,17H2,(H,18,21). The van der Waals surface area contributed by atoms with Gasteiger partial charge < -0.3 is 16.2 Å². The second kappa shape index (κ2) is 7.38. The maximum Gasteiger partial charge on any atom is 0.238 e. The van der Waals surface area contributed by atoms with Gasteiger partial charge in [0.25, 0.3) is 0 Å². The molecule has 116 valence electrons. The molecule has 1 aromatic carbocycles. The molecule has 1 amide bonds. The van der Waals surface area contributed by atoms with Crippen LogP contribution in [0.2, 0.25) is 0 Å². The largest absolute Gasteiger partial charge is 0.396 e. The summed E-state index contributed by atoms with van der Waals surface area (Å²) in [5, 5.41) is 11.7. The van der Waals surface area contributed by atoms with Crippen LogP contribution in [0.5, 0.6) is 0 Å². The second-order valence-corrected chi connectivity index (χ2v) is 5.54. The van der Waals surface area contributed by atoms with Crippen LogP contribution < -0.4 is 11.1 Å². The molecule has 6 heteroatoms. The van der Waals surface area contributed by atoms with Crippen LogP contribution in [0.3, 0.4) is 0 Å². The zero-order valence-corrected chi connectivity index (χ0v) is 12.0. The van der Waals surface area contributed by atoms with Gasteiger partial charge >= 0.3 is 0 Å². The minimum absolute atomic E-state index is 0.0220. The van der Waals surface area contributed by atoms with Gasteiger partial charge in [-0.2, -0.15) is 0 Å². The Labute approximate surface area is 123 Å². The van der Waals surface area contributed by atoms with E-state index >= 15 is 0 Å². The van der Waals surface area contributed by atoms with Crippen molar-refractivity contribution in [2.75, 3.05) is 37.3 Å². The van der Waals surface area contributed by atoms with E-state index in [1.54, 1.807) is 0 Å². The Kier molecular flexibility index (Phi) is 5.52. The predicted octanol–water partition coefficient (Wildman–Crippen LogP) is 1.44. The Morgan fingerprint density at radius 2 is 2.33 bits per heavy atom. The molecule has 1 unspecified atom stereocenters. The average molecular weight is 295 g/mol. The number of likely N-dealkylation sites (tertiary alicyclic amines) is 1. The van der Waals surface area contributed by atoms with Crippen molar-refractivity contribution < 1.29 is 14.3 Å². The zero-order chi connectivity index (χ0) is 15.2. The van der Waals surface area contributed by atoms with Crippen molar-refractivity contribution in [1.29, 1.82) is 0 Å². The normalized spacial score (nSPS) is 19.4. The van der Waals surface area contributed by atoms with E-state index in [0.717, 1.165) is 32.4 Å². The minimum Gasteiger partial charge on any atom is -0.396 e. The Hall–Kier alpha value is -1.66. The van der Waals surface area contributed by atoms with Crippen LogP contribution in [0.15, 0.2) is 18.2 Å². The number of hydrogen-bond donors (Lipinski definition) is 3. The van der Waals surface area contributed by atoms with Crippen LogP contribution in [-0.2, 0) is 4.79 Å². The number of nitrogen functional groups attached to an aromatic ring is 1. The van der Waals surface area contributed by atoms with E-state index in [0.29, 0.717) is 18.2 Å². The molecule has 0 spiro atoms. The Morgan fingerprint density at radius 3 is 3.05 bits per heavy atom. The van der Waals surface area contributed by atoms with Crippen molar-refractivity contribution in [1.82, 2.24) is 4.90 Å². The molecule has 0 bridgehead atoms. The summed E-state index contributed by atoms with van der Waals surface area (Å²) >= 11 is 0. The van der Waals surface area contributed by atoms with Crippen molar-refractivity contribution in [2.45, 2.75) is 19.3 Å². The molecular weight excluding hydrogens is 273 g/mol. The molecular formula is C15H22FN3O2. The number of piperidine rings is 1. The summed E-state index contributed by atoms with van der Waals surface area (Å²) in [7, 11) is 0. The van der Waals surface area contributed by atoms with Crippen molar-refractivity contribution >= 4 is 17.3 Å². The summed E-state index contributed by atoms with van der Waals surface area (Å²) in [5.41, 5.74) is 6.00. The molecule has 0 radical (unpaired) electrons. The second-order valence-electron chi connectivity index (χ2n) is 5.54. The Morgan fingerprint density at radius 1 is 1.52 bits per heavy atom. The van der Waals surface area contributed by atoms with Gasteiger partial charge in [-0.05, 0) is 49.9 Å². The number of hydrogen-bond acceptors (Lipinski definition) is 4. The van der Waals surface area contributed by atoms with E-state index in [4.69, 9.17) is 10.8 Å². The summed E-state index contributed by atoms with van der Waals surface area (Å²) in [6.07, 6.45) is 2.93. The van der Waals surface area contributed by atoms with Crippen molar-refractivity contribution in [3.63, 3.8) is 0 Å².